The van der Waals surface area contributed by atoms with Crippen molar-refractivity contribution in [3.63, 3.8) is 0 Å². The van der Waals surface area contributed by atoms with Crippen molar-refractivity contribution in [2.45, 2.75) is 44.6 Å². The third-order valence-corrected chi connectivity index (χ3v) is 6.69. The molecule has 0 heterocycles. The quantitative estimate of drug-likeness (QED) is 0.682. The summed E-state index contributed by atoms with van der Waals surface area (Å²) in [5.74, 6) is 0.218. The van der Waals surface area contributed by atoms with E-state index >= 15 is 0 Å². The number of benzene rings is 1. The van der Waals surface area contributed by atoms with E-state index in [1.54, 1.807) is 4.31 Å². The zero-order valence-corrected chi connectivity index (χ0v) is 14.9. The van der Waals surface area contributed by atoms with Crippen LogP contribution >= 0.6 is 15.9 Å². The fourth-order valence-electron chi connectivity index (χ4n) is 3.11. The van der Waals surface area contributed by atoms with Crippen molar-refractivity contribution in [1.29, 1.82) is 0 Å². The van der Waals surface area contributed by atoms with Gasteiger partial charge in [-0.05, 0) is 24.3 Å². The van der Waals surface area contributed by atoms with Gasteiger partial charge < -0.3 is 0 Å². The maximum absolute atomic E-state index is 12.8. The first kappa shape index (κ1) is 17.0. The molecule has 1 aromatic carbocycles. The number of rotatable bonds is 7. The predicted octanol–water partition coefficient (Wildman–Crippen LogP) is 3.76. The fourth-order valence-corrected chi connectivity index (χ4v) is 5.78. The summed E-state index contributed by atoms with van der Waals surface area (Å²) in [5.41, 5.74) is 1.09. The summed E-state index contributed by atoms with van der Waals surface area (Å²) in [5, 5.41) is 0.697. The Labute approximate surface area is 136 Å². The monoisotopic (exact) mass is 373 g/mol. The zero-order chi connectivity index (χ0) is 15.3. The highest BCUT2D eigenvalue weighted by molar-refractivity contribution is 9.09. The van der Waals surface area contributed by atoms with Crippen LogP contribution in [-0.2, 0) is 10.0 Å². The van der Waals surface area contributed by atoms with Gasteiger partial charge in [0, 0.05) is 17.9 Å². The molecule has 118 valence electrons. The molecule has 1 aliphatic rings. The molecular formula is C16H24BrNO2S. The van der Waals surface area contributed by atoms with Crippen LogP contribution in [0.3, 0.4) is 0 Å². The molecule has 5 heteroatoms. The topological polar surface area (TPSA) is 37.4 Å². The van der Waals surface area contributed by atoms with Crippen molar-refractivity contribution in [3.05, 3.63) is 35.9 Å². The Balaban J connectivity index is 2.11. The highest BCUT2D eigenvalue weighted by Crippen LogP contribution is 2.28. The van der Waals surface area contributed by atoms with E-state index in [-0.39, 0.29) is 17.7 Å². The Bertz CT molecular complexity index is 526. The van der Waals surface area contributed by atoms with Crippen LogP contribution < -0.4 is 0 Å². The van der Waals surface area contributed by atoms with Gasteiger partial charge in [-0.1, -0.05) is 66.0 Å². The lowest BCUT2D eigenvalue weighted by molar-refractivity contribution is 0.337. The summed E-state index contributed by atoms with van der Waals surface area (Å²) in [4.78, 5) is 0. The second kappa shape index (κ2) is 7.75. The highest BCUT2D eigenvalue weighted by atomic mass is 79.9. The predicted molar refractivity (Wildman–Crippen MR) is 91.4 cm³/mol. The first-order chi connectivity index (χ1) is 10.0. The molecule has 0 spiro atoms. The lowest BCUT2D eigenvalue weighted by Gasteiger charge is -2.28. The average Bonchev–Trinajstić information content (AvgIpc) is 2.98. The molecule has 0 aliphatic heterocycles. The van der Waals surface area contributed by atoms with Crippen LogP contribution in [0.1, 0.15) is 44.1 Å². The van der Waals surface area contributed by atoms with E-state index in [0.29, 0.717) is 11.9 Å². The molecule has 2 rings (SSSR count). The van der Waals surface area contributed by atoms with Crippen LogP contribution in [0.25, 0.3) is 0 Å². The minimum atomic E-state index is -3.21. The van der Waals surface area contributed by atoms with Gasteiger partial charge in [-0.3, -0.25) is 0 Å². The van der Waals surface area contributed by atoms with Gasteiger partial charge in [0.1, 0.15) is 0 Å². The molecule has 1 saturated carbocycles. The molecule has 0 radical (unpaired) electrons. The molecule has 1 unspecified atom stereocenters. The van der Waals surface area contributed by atoms with E-state index in [9.17, 15) is 8.42 Å². The molecular weight excluding hydrogens is 350 g/mol. The van der Waals surface area contributed by atoms with E-state index < -0.39 is 10.0 Å². The lowest BCUT2D eigenvalue weighted by atomic mass is 10.0. The Hall–Kier alpha value is -0.390. The van der Waals surface area contributed by atoms with Gasteiger partial charge >= 0.3 is 0 Å². The van der Waals surface area contributed by atoms with Crippen molar-refractivity contribution in [3.8, 4) is 0 Å². The van der Waals surface area contributed by atoms with Gasteiger partial charge in [0.25, 0.3) is 0 Å². The van der Waals surface area contributed by atoms with Gasteiger partial charge in [-0.25, -0.2) is 8.42 Å². The van der Waals surface area contributed by atoms with Crippen molar-refractivity contribution in [2.24, 2.45) is 0 Å². The molecule has 1 aliphatic carbocycles. The van der Waals surface area contributed by atoms with E-state index in [2.05, 4.69) is 15.9 Å². The van der Waals surface area contributed by atoms with Crippen LogP contribution in [0.5, 0.6) is 0 Å². The van der Waals surface area contributed by atoms with E-state index in [1.807, 2.05) is 37.3 Å². The molecule has 3 nitrogen and oxygen atoms in total. The first-order valence-corrected chi connectivity index (χ1v) is 10.4. The van der Waals surface area contributed by atoms with Crippen LogP contribution in [0.15, 0.2) is 30.3 Å². The van der Waals surface area contributed by atoms with Crippen molar-refractivity contribution < 1.29 is 8.42 Å². The van der Waals surface area contributed by atoms with Crippen LogP contribution in [-0.4, -0.2) is 36.4 Å². The van der Waals surface area contributed by atoms with Crippen molar-refractivity contribution in [1.82, 2.24) is 4.31 Å². The summed E-state index contributed by atoms with van der Waals surface area (Å²) in [7, 11) is -3.21. The number of nitrogens with zero attached hydrogens (tertiary/aromatic N) is 1. The molecule has 0 bridgehead atoms. The first-order valence-electron chi connectivity index (χ1n) is 7.65. The summed E-state index contributed by atoms with van der Waals surface area (Å²) < 4.78 is 27.3. The van der Waals surface area contributed by atoms with Gasteiger partial charge in [-0.2, -0.15) is 4.31 Å². The van der Waals surface area contributed by atoms with Gasteiger partial charge in [0.15, 0.2) is 0 Å². The van der Waals surface area contributed by atoms with Crippen LogP contribution in [0.4, 0.5) is 0 Å². The number of alkyl halides is 1. The number of hydrogen-bond donors (Lipinski definition) is 0. The largest absolute Gasteiger partial charge is 0.214 e. The highest BCUT2D eigenvalue weighted by Gasteiger charge is 2.32. The third kappa shape index (κ3) is 4.54. The van der Waals surface area contributed by atoms with E-state index in [1.165, 1.54) is 0 Å². The van der Waals surface area contributed by atoms with Gasteiger partial charge in [0.2, 0.25) is 10.0 Å². The fraction of sp³-hybridized carbons (Fsp3) is 0.625. The van der Waals surface area contributed by atoms with Crippen molar-refractivity contribution >= 4 is 26.0 Å². The number of halogens is 1. The summed E-state index contributed by atoms with van der Waals surface area (Å²) in [6.45, 7) is 2.57. The average molecular weight is 374 g/mol. The maximum atomic E-state index is 12.8. The maximum Gasteiger partial charge on any atom is 0.214 e. The molecule has 0 saturated heterocycles. The molecule has 0 N–H and O–H groups in total. The molecule has 0 amide bonds. The summed E-state index contributed by atoms with van der Waals surface area (Å²) in [6, 6.07) is 10.1. The Morgan fingerprint density at radius 1 is 1.24 bits per heavy atom. The Morgan fingerprint density at radius 2 is 1.86 bits per heavy atom. The molecule has 1 atom stereocenters. The minimum Gasteiger partial charge on any atom is -0.212 e. The zero-order valence-electron chi connectivity index (χ0n) is 12.5. The molecule has 1 fully saturated rings. The molecule has 0 aromatic heterocycles. The van der Waals surface area contributed by atoms with E-state index in [0.717, 1.165) is 31.2 Å². The number of sulfonamides is 1. The van der Waals surface area contributed by atoms with Crippen molar-refractivity contribution in [2.75, 3.05) is 17.6 Å². The molecule has 21 heavy (non-hydrogen) atoms. The second-order valence-electron chi connectivity index (χ2n) is 5.83. The van der Waals surface area contributed by atoms with E-state index in [4.69, 9.17) is 0 Å². The second-order valence-corrected chi connectivity index (χ2v) is 8.59. The SMILES string of the molecule is CC(CS(=O)(=O)N(CCBr)C1CCCC1)c1ccccc1. The standard InChI is InChI=1S/C16H24BrNO2S/c1-14(15-7-3-2-4-8-15)13-21(19,20)18(12-11-17)16-9-5-6-10-16/h2-4,7-8,14,16H,5-6,9-13H2,1H3. The number of hydrogen-bond acceptors (Lipinski definition) is 2. The van der Waals surface area contributed by atoms with Crippen LogP contribution in [0.2, 0.25) is 0 Å². The smallest absolute Gasteiger partial charge is 0.212 e. The van der Waals surface area contributed by atoms with Crippen LogP contribution in [0, 0.1) is 0 Å². The Morgan fingerprint density at radius 3 is 2.43 bits per heavy atom. The normalized spacial score (nSPS) is 18.2. The summed E-state index contributed by atoms with van der Waals surface area (Å²) >= 11 is 3.39. The molecule has 1 aromatic rings. The lowest BCUT2D eigenvalue weighted by Crippen LogP contribution is -2.42. The Kier molecular flexibility index (Phi) is 6.26. The minimum absolute atomic E-state index is 0.0235. The van der Waals surface area contributed by atoms with Gasteiger partial charge in [0.05, 0.1) is 5.75 Å². The third-order valence-electron chi connectivity index (χ3n) is 4.22. The summed E-state index contributed by atoms with van der Waals surface area (Å²) in [6.07, 6.45) is 4.30. The van der Waals surface area contributed by atoms with Gasteiger partial charge in [-0.15, -0.1) is 0 Å².